The van der Waals surface area contributed by atoms with E-state index in [0.29, 0.717) is 0 Å². The summed E-state index contributed by atoms with van der Waals surface area (Å²) in [7, 11) is 2.19. The molecular weight excluding hydrogens is 292 g/mol. The second-order valence-electron chi connectivity index (χ2n) is 6.98. The minimum Gasteiger partial charge on any atom is -0.225 e. The van der Waals surface area contributed by atoms with E-state index in [9.17, 15) is 0 Å². The molecule has 2 heteroatoms. The van der Waals surface area contributed by atoms with Crippen LogP contribution in [0.5, 0.6) is 0 Å². The summed E-state index contributed by atoms with van der Waals surface area (Å²) in [5.74, 6) is 0. The van der Waals surface area contributed by atoms with Crippen molar-refractivity contribution in [1.29, 1.82) is 0 Å². The van der Waals surface area contributed by atoms with Crippen LogP contribution in [0.1, 0.15) is 16.7 Å². The van der Waals surface area contributed by atoms with Gasteiger partial charge in [-0.25, -0.2) is 4.57 Å². The summed E-state index contributed by atoms with van der Waals surface area (Å²) in [5, 5.41) is 4.11. The maximum absolute atomic E-state index is 2.49. The second kappa shape index (κ2) is 3.96. The molecule has 0 spiro atoms. The number of aromatic nitrogens is 2. The molecule has 3 aromatic carbocycles. The van der Waals surface area contributed by atoms with Gasteiger partial charge < -0.3 is 0 Å². The molecule has 2 aromatic heterocycles. The van der Waals surface area contributed by atoms with Crippen LogP contribution in [0.15, 0.2) is 54.6 Å². The molecule has 2 heterocycles. The first-order chi connectivity index (χ1) is 11.8. The summed E-state index contributed by atoms with van der Waals surface area (Å²) in [6.07, 6.45) is 1.13. The number of nitrogens with zero attached hydrogens (tertiary/aromatic N) is 2. The SMILES string of the molecule is Cc1cccc2c3ccc4c(c3n3c5ccccc5[n+](C)c3c12)C4. The Morgan fingerprint density at radius 1 is 0.917 bits per heavy atom. The highest BCUT2D eigenvalue weighted by Gasteiger charge is 2.30. The molecule has 6 rings (SSSR count). The molecule has 5 aromatic rings. The number of fused-ring (bicyclic) bond motifs is 10. The predicted octanol–water partition coefficient (Wildman–Crippen LogP) is 4.44. The van der Waals surface area contributed by atoms with Crippen molar-refractivity contribution in [3.8, 4) is 0 Å². The summed E-state index contributed by atoms with van der Waals surface area (Å²) in [6, 6.07) is 20.0. The molecule has 0 unspecified atom stereocenters. The second-order valence-corrected chi connectivity index (χ2v) is 6.98. The van der Waals surface area contributed by atoms with Gasteiger partial charge in [-0.2, -0.15) is 4.40 Å². The molecule has 0 bridgehead atoms. The Balaban J connectivity index is 2.12. The molecule has 2 nitrogen and oxygen atoms in total. The maximum Gasteiger partial charge on any atom is 0.295 e. The van der Waals surface area contributed by atoms with E-state index >= 15 is 0 Å². The normalized spacial score (nSPS) is 13.2. The standard InChI is InChI=1S/C22H17N2/c1-13-6-5-7-15-16-11-10-14-12-17(14)21(16)24-19-9-4-3-8-18(19)23(2)22(24)20(13)15/h3-11H,12H2,1-2H3/q+1. The molecule has 1 aliphatic rings. The third-order valence-corrected chi connectivity index (χ3v) is 5.65. The van der Waals surface area contributed by atoms with Crippen LogP contribution < -0.4 is 4.57 Å². The first-order valence-corrected chi connectivity index (χ1v) is 8.50. The average Bonchev–Trinajstić information content (AvgIpc) is 3.34. The Kier molecular flexibility index (Phi) is 2.07. The minimum absolute atomic E-state index is 1.13. The lowest BCUT2D eigenvalue weighted by atomic mass is 10.0. The molecule has 0 radical (unpaired) electrons. The summed E-state index contributed by atoms with van der Waals surface area (Å²) >= 11 is 0. The van der Waals surface area contributed by atoms with Gasteiger partial charge in [0.2, 0.25) is 0 Å². The molecule has 0 saturated heterocycles. The van der Waals surface area contributed by atoms with Gasteiger partial charge in [-0.1, -0.05) is 36.4 Å². The number of benzene rings is 3. The van der Waals surface area contributed by atoms with E-state index < -0.39 is 0 Å². The van der Waals surface area contributed by atoms with Gasteiger partial charge in [-0.3, -0.25) is 0 Å². The average molecular weight is 309 g/mol. The van der Waals surface area contributed by atoms with Crippen LogP contribution in [0, 0.1) is 6.92 Å². The summed E-state index contributed by atoms with van der Waals surface area (Å²) in [5.41, 5.74) is 9.63. The van der Waals surface area contributed by atoms with Crippen molar-refractivity contribution < 1.29 is 4.57 Å². The van der Waals surface area contributed by atoms with Crippen molar-refractivity contribution in [2.24, 2.45) is 7.05 Å². The Hall–Kier alpha value is -2.87. The fraction of sp³-hybridized carbons (Fsp3) is 0.136. The van der Waals surface area contributed by atoms with Crippen LogP contribution in [0.2, 0.25) is 0 Å². The van der Waals surface area contributed by atoms with Crippen molar-refractivity contribution in [3.63, 3.8) is 0 Å². The molecule has 0 amide bonds. The number of rotatable bonds is 0. The van der Waals surface area contributed by atoms with Crippen LogP contribution in [0.4, 0.5) is 0 Å². The zero-order valence-corrected chi connectivity index (χ0v) is 13.8. The summed E-state index contributed by atoms with van der Waals surface area (Å²) in [6.45, 7) is 2.22. The van der Waals surface area contributed by atoms with E-state index in [1.54, 1.807) is 0 Å². The fourth-order valence-corrected chi connectivity index (χ4v) is 4.45. The Morgan fingerprint density at radius 3 is 2.71 bits per heavy atom. The van der Waals surface area contributed by atoms with Crippen molar-refractivity contribution in [3.05, 3.63) is 71.3 Å². The van der Waals surface area contributed by atoms with Crippen LogP contribution in [0.25, 0.3) is 38.4 Å². The molecule has 0 saturated carbocycles. The van der Waals surface area contributed by atoms with E-state index in [0.717, 1.165) is 6.42 Å². The Labute approximate surface area is 139 Å². The first kappa shape index (κ1) is 12.5. The van der Waals surface area contributed by atoms with Gasteiger partial charge >= 0.3 is 0 Å². The van der Waals surface area contributed by atoms with Crippen LogP contribution in [-0.4, -0.2) is 4.40 Å². The van der Waals surface area contributed by atoms with E-state index in [1.165, 1.54) is 55.0 Å². The molecule has 24 heavy (non-hydrogen) atoms. The van der Waals surface area contributed by atoms with Gasteiger partial charge in [0.05, 0.1) is 12.4 Å². The largest absolute Gasteiger partial charge is 0.295 e. The highest BCUT2D eigenvalue weighted by Crippen LogP contribution is 2.41. The van der Waals surface area contributed by atoms with Gasteiger partial charge in [0, 0.05) is 22.8 Å². The number of pyridine rings is 1. The van der Waals surface area contributed by atoms with E-state index in [1.807, 2.05) is 0 Å². The quantitative estimate of drug-likeness (QED) is 0.290. The lowest BCUT2D eigenvalue weighted by Crippen LogP contribution is -2.27. The fourth-order valence-electron chi connectivity index (χ4n) is 4.45. The minimum atomic E-state index is 1.13. The van der Waals surface area contributed by atoms with Crippen molar-refractivity contribution in [1.82, 2.24) is 4.40 Å². The maximum atomic E-state index is 2.49. The molecule has 0 N–H and O–H groups in total. The van der Waals surface area contributed by atoms with Crippen LogP contribution >= 0.6 is 0 Å². The zero-order valence-electron chi connectivity index (χ0n) is 13.8. The third kappa shape index (κ3) is 1.32. The lowest BCUT2D eigenvalue weighted by Gasteiger charge is -2.06. The Morgan fingerprint density at radius 2 is 1.79 bits per heavy atom. The molecular formula is C22H17N2+. The molecule has 1 aliphatic carbocycles. The van der Waals surface area contributed by atoms with Gasteiger partial charge in [-0.05, 0) is 36.2 Å². The summed E-state index contributed by atoms with van der Waals surface area (Å²) < 4.78 is 4.84. The molecule has 0 atom stereocenters. The molecule has 114 valence electrons. The van der Waals surface area contributed by atoms with E-state index in [2.05, 4.69) is 77.5 Å². The number of imidazole rings is 1. The van der Waals surface area contributed by atoms with Gasteiger partial charge in [0.25, 0.3) is 5.65 Å². The Bertz CT molecular complexity index is 1340. The summed E-state index contributed by atoms with van der Waals surface area (Å²) in [4.78, 5) is 0. The van der Waals surface area contributed by atoms with Crippen molar-refractivity contribution in [2.45, 2.75) is 13.3 Å². The highest BCUT2D eigenvalue weighted by atomic mass is 15.1. The van der Waals surface area contributed by atoms with Gasteiger partial charge in [0.15, 0.2) is 11.0 Å². The van der Waals surface area contributed by atoms with Crippen molar-refractivity contribution >= 4 is 38.4 Å². The zero-order chi connectivity index (χ0) is 16.0. The highest BCUT2D eigenvalue weighted by molar-refractivity contribution is 6.15. The van der Waals surface area contributed by atoms with E-state index in [-0.39, 0.29) is 0 Å². The molecule has 0 aliphatic heterocycles. The first-order valence-electron chi connectivity index (χ1n) is 8.50. The third-order valence-electron chi connectivity index (χ3n) is 5.65. The van der Waals surface area contributed by atoms with Crippen LogP contribution in [0.3, 0.4) is 0 Å². The van der Waals surface area contributed by atoms with Crippen molar-refractivity contribution in [2.75, 3.05) is 0 Å². The molecule has 0 fully saturated rings. The number of aryl methyl sites for hydroxylation is 2. The smallest absolute Gasteiger partial charge is 0.225 e. The number of hydrogen-bond donors (Lipinski definition) is 0. The lowest BCUT2D eigenvalue weighted by molar-refractivity contribution is -0.617. The predicted molar refractivity (Wildman–Crippen MR) is 98.6 cm³/mol. The van der Waals surface area contributed by atoms with Crippen LogP contribution in [-0.2, 0) is 13.5 Å². The van der Waals surface area contributed by atoms with E-state index in [4.69, 9.17) is 0 Å². The number of para-hydroxylation sites is 2. The topological polar surface area (TPSA) is 8.29 Å². The monoisotopic (exact) mass is 309 g/mol. The van der Waals surface area contributed by atoms with Gasteiger partial charge in [-0.15, -0.1) is 0 Å². The number of hydrogen-bond acceptors (Lipinski definition) is 0. The van der Waals surface area contributed by atoms with Gasteiger partial charge in [0.1, 0.15) is 5.52 Å².